The number of hydrogen-bond donors (Lipinski definition) is 1. The molecular weight excluding hydrogens is 176 g/mol. The number of aliphatic hydroxyl groups is 1. The maximum atomic E-state index is 11.2. The van der Waals surface area contributed by atoms with E-state index in [0.717, 1.165) is 6.26 Å². The van der Waals surface area contributed by atoms with Crippen LogP contribution in [0.25, 0.3) is 0 Å². The zero-order chi connectivity index (χ0) is 10.2. The second-order valence-electron chi connectivity index (χ2n) is 3.62. The Labute approximate surface area is 74.0 Å². The molecule has 0 radical (unpaired) electrons. The molecule has 1 unspecified atom stereocenters. The molecule has 72 valence electrons. The summed E-state index contributed by atoms with van der Waals surface area (Å²) in [6, 6.07) is 0. The van der Waals surface area contributed by atoms with Gasteiger partial charge in [-0.05, 0) is 20.8 Å². The number of sulfone groups is 1. The Kier molecular flexibility index (Phi) is 3.09. The van der Waals surface area contributed by atoms with Gasteiger partial charge in [0, 0.05) is 6.26 Å². The van der Waals surface area contributed by atoms with Gasteiger partial charge in [0.1, 0.15) is 0 Å². The van der Waals surface area contributed by atoms with Crippen LogP contribution in [0.15, 0.2) is 12.2 Å². The summed E-state index contributed by atoms with van der Waals surface area (Å²) in [5, 5.41) is 9.51. The average molecular weight is 192 g/mol. The SMILES string of the molecule is C=C(C)C(O)C(C)(C)S(C)(=O)=O. The first-order valence-corrected chi connectivity index (χ1v) is 5.53. The van der Waals surface area contributed by atoms with Gasteiger partial charge in [0.25, 0.3) is 0 Å². The molecule has 0 rings (SSSR count). The van der Waals surface area contributed by atoms with Crippen molar-refractivity contribution in [3.63, 3.8) is 0 Å². The van der Waals surface area contributed by atoms with E-state index in [1.54, 1.807) is 6.92 Å². The van der Waals surface area contributed by atoms with E-state index < -0.39 is 20.7 Å². The zero-order valence-corrected chi connectivity index (χ0v) is 8.77. The van der Waals surface area contributed by atoms with Gasteiger partial charge in [-0.15, -0.1) is 0 Å². The first-order valence-electron chi connectivity index (χ1n) is 3.63. The van der Waals surface area contributed by atoms with Crippen molar-refractivity contribution in [2.45, 2.75) is 31.6 Å². The zero-order valence-electron chi connectivity index (χ0n) is 7.96. The van der Waals surface area contributed by atoms with Crippen molar-refractivity contribution in [1.29, 1.82) is 0 Å². The molecule has 0 aromatic heterocycles. The summed E-state index contributed by atoms with van der Waals surface area (Å²) in [4.78, 5) is 0. The Morgan fingerprint density at radius 1 is 1.50 bits per heavy atom. The predicted octanol–water partition coefficient (Wildman–Crippen LogP) is 0.747. The third-order valence-electron chi connectivity index (χ3n) is 2.08. The van der Waals surface area contributed by atoms with Crippen LogP contribution in [0.4, 0.5) is 0 Å². The van der Waals surface area contributed by atoms with Gasteiger partial charge in [-0.3, -0.25) is 0 Å². The molecule has 0 saturated carbocycles. The van der Waals surface area contributed by atoms with Crippen molar-refractivity contribution < 1.29 is 13.5 Å². The van der Waals surface area contributed by atoms with E-state index in [2.05, 4.69) is 6.58 Å². The van der Waals surface area contributed by atoms with Crippen LogP contribution in [0, 0.1) is 0 Å². The fourth-order valence-corrected chi connectivity index (χ4v) is 1.40. The smallest absolute Gasteiger partial charge is 0.155 e. The van der Waals surface area contributed by atoms with E-state index in [-0.39, 0.29) is 0 Å². The molecule has 0 saturated heterocycles. The van der Waals surface area contributed by atoms with Crippen molar-refractivity contribution in [2.24, 2.45) is 0 Å². The average Bonchev–Trinajstić information content (AvgIpc) is 1.83. The lowest BCUT2D eigenvalue weighted by Gasteiger charge is -2.28. The fraction of sp³-hybridized carbons (Fsp3) is 0.750. The monoisotopic (exact) mass is 192 g/mol. The summed E-state index contributed by atoms with van der Waals surface area (Å²) in [7, 11) is -3.26. The quantitative estimate of drug-likeness (QED) is 0.671. The summed E-state index contributed by atoms with van der Waals surface area (Å²) < 4.78 is 21.2. The molecule has 0 spiro atoms. The molecule has 0 aromatic rings. The van der Waals surface area contributed by atoms with Crippen molar-refractivity contribution >= 4 is 9.84 Å². The van der Waals surface area contributed by atoms with Gasteiger partial charge in [0.2, 0.25) is 0 Å². The minimum atomic E-state index is -3.26. The van der Waals surface area contributed by atoms with E-state index >= 15 is 0 Å². The summed E-state index contributed by atoms with van der Waals surface area (Å²) in [6.45, 7) is 8.10. The maximum absolute atomic E-state index is 11.2. The van der Waals surface area contributed by atoms with Crippen LogP contribution in [0.5, 0.6) is 0 Å². The topological polar surface area (TPSA) is 54.4 Å². The Bertz CT molecular complexity index is 275. The molecular formula is C8H16O3S. The van der Waals surface area contributed by atoms with Crippen LogP contribution in [0.3, 0.4) is 0 Å². The summed E-state index contributed by atoms with van der Waals surface area (Å²) in [5.74, 6) is 0. The van der Waals surface area contributed by atoms with E-state index in [0.29, 0.717) is 5.57 Å². The highest BCUT2D eigenvalue weighted by Gasteiger charge is 2.38. The fourth-order valence-electron chi connectivity index (χ4n) is 0.796. The lowest BCUT2D eigenvalue weighted by Crippen LogP contribution is -2.43. The van der Waals surface area contributed by atoms with Gasteiger partial charge in [0.05, 0.1) is 10.9 Å². The molecule has 0 amide bonds. The standard InChI is InChI=1S/C8H16O3S/c1-6(2)7(9)8(3,4)12(5,10)11/h7,9H,1H2,2-5H3. The second-order valence-corrected chi connectivity index (χ2v) is 6.22. The molecule has 0 bridgehead atoms. The van der Waals surface area contributed by atoms with Crippen LogP contribution < -0.4 is 0 Å². The van der Waals surface area contributed by atoms with Gasteiger partial charge >= 0.3 is 0 Å². The van der Waals surface area contributed by atoms with Crippen molar-refractivity contribution in [3.8, 4) is 0 Å². The Morgan fingerprint density at radius 3 is 1.92 bits per heavy atom. The molecule has 1 atom stereocenters. The summed E-state index contributed by atoms with van der Waals surface area (Å²) in [6.07, 6.45) is 0.103. The van der Waals surface area contributed by atoms with Crippen LogP contribution in [-0.2, 0) is 9.84 Å². The molecule has 1 N–H and O–H groups in total. The molecule has 0 heterocycles. The van der Waals surface area contributed by atoms with Crippen LogP contribution in [-0.4, -0.2) is 30.6 Å². The first kappa shape index (κ1) is 11.6. The second kappa shape index (κ2) is 3.18. The highest BCUT2D eigenvalue weighted by Crippen LogP contribution is 2.23. The lowest BCUT2D eigenvalue weighted by molar-refractivity contribution is 0.173. The Hall–Kier alpha value is -0.350. The third-order valence-corrected chi connectivity index (χ3v) is 4.22. The molecule has 0 aliphatic heterocycles. The number of rotatable bonds is 3. The van der Waals surface area contributed by atoms with E-state index in [9.17, 15) is 13.5 Å². The van der Waals surface area contributed by atoms with Crippen LogP contribution >= 0.6 is 0 Å². The van der Waals surface area contributed by atoms with Crippen LogP contribution in [0.2, 0.25) is 0 Å². The molecule has 0 aromatic carbocycles. The molecule has 3 nitrogen and oxygen atoms in total. The first-order chi connectivity index (χ1) is 5.10. The highest BCUT2D eigenvalue weighted by molar-refractivity contribution is 7.92. The van der Waals surface area contributed by atoms with E-state index in [1.807, 2.05) is 0 Å². The Balaban J connectivity index is 5.00. The predicted molar refractivity (Wildman–Crippen MR) is 49.7 cm³/mol. The van der Waals surface area contributed by atoms with Crippen molar-refractivity contribution in [1.82, 2.24) is 0 Å². The highest BCUT2D eigenvalue weighted by atomic mass is 32.2. The van der Waals surface area contributed by atoms with Crippen molar-refractivity contribution in [3.05, 3.63) is 12.2 Å². The minimum absolute atomic E-state index is 0.463. The van der Waals surface area contributed by atoms with Gasteiger partial charge in [-0.2, -0.15) is 0 Å². The van der Waals surface area contributed by atoms with E-state index in [4.69, 9.17) is 0 Å². The largest absolute Gasteiger partial charge is 0.387 e. The normalized spacial score (nSPS) is 15.8. The lowest BCUT2D eigenvalue weighted by atomic mass is 10.0. The number of hydrogen-bond acceptors (Lipinski definition) is 3. The molecule has 12 heavy (non-hydrogen) atoms. The van der Waals surface area contributed by atoms with E-state index in [1.165, 1.54) is 13.8 Å². The van der Waals surface area contributed by atoms with Crippen molar-refractivity contribution in [2.75, 3.05) is 6.26 Å². The van der Waals surface area contributed by atoms with Gasteiger partial charge in [-0.1, -0.05) is 12.2 Å². The summed E-state index contributed by atoms with van der Waals surface area (Å²) >= 11 is 0. The molecule has 0 fully saturated rings. The summed E-state index contributed by atoms with van der Waals surface area (Å²) in [5.41, 5.74) is 0.463. The Morgan fingerprint density at radius 2 is 1.83 bits per heavy atom. The number of aliphatic hydroxyl groups excluding tert-OH is 1. The minimum Gasteiger partial charge on any atom is -0.387 e. The molecule has 4 heteroatoms. The molecule has 0 aliphatic rings. The maximum Gasteiger partial charge on any atom is 0.155 e. The van der Waals surface area contributed by atoms with Gasteiger partial charge < -0.3 is 5.11 Å². The van der Waals surface area contributed by atoms with Gasteiger partial charge in [-0.25, -0.2) is 8.42 Å². The van der Waals surface area contributed by atoms with Gasteiger partial charge in [0.15, 0.2) is 9.84 Å². The third kappa shape index (κ3) is 2.08. The molecule has 0 aliphatic carbocycles. The van der Waals surface area contributed by atoms with Crippen LogP contribution in [0.1, 0.15) is 20.8 Å².